The molecule has 1 aliphatic carbocycles. The number of aryl methyl sites for hydroxylation is 2. The summed E-state index contributed by atoms with van der Waals surface area (Å²) in [5.41, 5.74) is 3.26. The molecule has 3 nitrogen and oxygen atoms in total. The van der Waals surface area contributed by atoms with Gasteiger partial charge in [0.1, 0.15) is 5.75 Å². The van der Waals surface area contributed by atoms with Gasteiger partial charge in [-0.2, -0.15) is 0 Å². The van der Waals surface area contributed by atoms with Crippen LogP contribution < -0.4 is 4.74 Å². The van der Waals surface area contributed by atoms with Crippen molar-refractivity contribution in [2.75, 3.05) is 20.2 Å². The molecule has 0 N–H and O–H groups in total. The van der Waals surface area contributed by atoms with Crippen molar-refractivity contribution in [1.29, 1.82) is 0 Å². The number of halogens is 2. The minimum atomic E-state index is 0.0952. The normalized spacial score (nSPS) is 19.8. The highest BCUT2D eigenvalue weighted by Gasteiger charge is 2.50. The van der Waals surface area contributed by atoms with Crippen molar-refractivity contribution in [3.05, 3.63) is 23.3 Å². The Bertz CT molecular complexity index is 543. The molecular weight excluding hydrogens is 396 g/mol. The molecule has 5 heteroatoms. The number of hydrogen-bond donors (Lipinski definition) is 0. The molecule has 0 amide bonds. The summed E-state index contributed by atoms with van der Waals surface area (Å²) in [5, 5.41) is 0. The molecule has 2 rings (SSSR count). The molecule has 1 aliphatic rings. The molecule has 0 heterocycles. The smallest absolute Gasteiger partial charge is 0.122 e. The third-order valence-electron chi connectivity index (χ3n) is 3.78. The number of rotatable bonds is 6. The fourth-order valence-corrected chi connectivity index (χ4v) is 3.00. The molecule has 0 saturated heterocycles. The first-order valence-corrected chi connectivity index (χ1v) is 8.78. The topological polar surface area (TPSA) is 24.8 Å². The Kier molecular flexibility index (Phi) is 5.36. The second-order valence-electron chi connectivity index (χ2n) is 5.70. The zero-order valence-corrected chi connectivity index (χ0v) is 16.2. The molecule has 21 heavy (non-hydrogen) atoms. The summed E-state index contributed by atoms with van der Waals surface area (Å²) in [7, 11) is 2.02. The summed E-state index contributed by atoms with van der Waals surface area (Å²) in [6.45, 7) is 7.93. The monoisotopic (exact) mass is 416 g/mol. The first-order chi connectivity index (χ1) is 9.83. The second-order valence-corrected chi connectivity index (χ2v) is 9.59. The number of ether oxygens (including phenoxy) is 1. The van der Waals surface area contributed by atoms with E-state index >= 15 is 0 Å². The van der Waals surface area contributed by atoms with Crippen LogP contribution in [0.4, 0.5) is 5.69 Å². The Labute approximate surface area is 144 Å². The van der Waals surface area contributed by atoms with Crippen LogP contribution in [0, 0.1) is 19.8 Å². The van der Waals surface area contributed by atoms with E-state index in [4.69, 9.17) is 4.74 Å². The number of aliphatic imine (C=N–C) groups is 1. The van der Waals surface area contributed by atoms with Gasteiger partial charge in [-0.05, 0) is 50.5 Å². The lowest BCUT2D eigenvalue weighted by Gasteiger charge is -2.13. The van der Waals surface area contributed by atoms with Crippen molar-refractivity contribution in [3.63, 3.8) is 0 Å². The van der Waals surface area contributed by atoms with Crippen LogP contribution in [0.15, 0.2) is 17.1 Å². The number of hydrogen-bond acceptors (Lipinski definition) is 2. The quantitative estimate of drug-likeness (QED) is 0.377. The van der Waals surface area contributed by atoms with Crippen molar-refractivity contribution in [1.82, 2.24) is 4.90 Å². The Hall–Kier alpha value is -0.550. The molecule has 0 bridgehead atoms. The maximum Gasteiger partial charge on any atom is 0.122 e. The van der Waals surface area contributed by atoms with Gasteiger partial charge in [0.2, 0.25) is 0 Å². The van der Waals surface area contributed by atoms with E-state index in [1.165, 1.54) is 0 Å². The molecule has 1 unspecified atom stereocenters. The lowest BCUT2D eigenvalue weighted by molar-refractivity contribution is 0.297. The first kappa shape index (κ1) is 16.8. The molecule has 0 aromatic heterocycles. The van der Waals surface area contributed by atoms with Gasteiger partial charge in [-0.15, -0.1) is 0 Å². The van der Waals surface area contributed by atoms with Gasteiger partial charge < -0.3 is 9.64 Å². The highest BCUT2D eigenvalue weighted by atomic mass is 79.9. The molecule has 0 radical (unpaired) electrons. The summed E-state index contributed by atoms with van der Waals surface area (Å²) in [6.07, 6.45) is 2.98. The zero-order chi connectivity index (χ0) is 15.6. The van der Waals surface area contributed by atoms with Gasteiger partial charge in [0.05, 0.1) is 21.9 Å². The summed E-state index contributed by atoms with van der Waals surface area (Å²) in [5.74, 6) is 1.49. The average Bonchev–Trinajstić information content (AvgIpc) is 3.04. The minimum Gasteiger partial charge on any atom is -0.493 e. The molecule has 1 atom stereocenters. The third-order valence-corrected chi connectivity index (χ3v) is 5.72. The predicted octanol–water partition coefficient (Wildman–Crippen LogP) is 4.80. The summed E-state index contributed by atoms with van der Waals surface area (Å²) < 4.78 is 6.05. The van der Waals surface area contributed by atoms with E-state index in [2.05, 4.69) is 74.7 Å². The van der Waals surface area contributed by atoms with Crippen LogP contribution in [0.5, 0.6) is 5.75 Å². The highest BCUT2D eigenvalue weighted by molar-refractivity contribution is 9.25. The molecule has 1 saturated carbocycles. The second kappa shape index (κ2) is 6.69. The van der Waals surface area contributed by atoms with Crippen LogP contribution in [0.3, 0.4) is 0 Å². The summed E-state index contributed by atoms with van der Waals surface area (Å²) in [4.78, 5) is 6.59. The Morgan fingerprint density at radius 2 is 2.05 bits per heavy atom. The van der Waals surface area contributed by atoms with Crippen molar-refractivity contribution in [3.8, 4) is 5.75 Å². The van der Waals surface area contributed by atoms with E-state index in [1.807, 2.05) is 13.4 Å². The predicted molar refractivity (Wildman–Crippen MR) is 96.6 cm³/mol. The van der Waals surface area contributed by atoms with Gasteiger partial charge >= 0.3 is 0 Å². The van der Waals surface area contributed by atoms with Crippen LogP contribution in [0.1, 0.15) is 24.5 Å². The molecule has 1 fully saturated rings. The van der Waals surface area contributed by atoms with Gasteiger partial charge in [-0.1, -0.05) is 31.9 Å². The molecular formula is C16H22Br2N2O. The number of alkyl halides is 2. The van der Waals surface area contributed by atoms with Crippen molar-refractivity contribution in [2.45, 2.75) is 30.4 Å². The van der Waals surface area contributed by atoms with Crippen molar-refractivity contribution < 1.29 is 4.74 Å². The average molecular weight is 418 g/mol. The minimum absolute atomic E-state index is 0.0952. The van der Waals surface area contributed by atoms with E-state index in [0.29, 0.717) is 5.92 Å². The third kappa shape index (κ3) is 4.46. The number of benzene rings is 1. The largest absolute Gasteiger partial charge is 0.493 e. The Balaban J connectivity index is 2.04. The van der Waals surface area contributed by atoms with Crippen molar-refractivity contribution in [2.24, 2.45) is 10.9 Å². The number of nitrogens with zero attached hydrogens (tertiary/aromatic N) is 2. The van der Waals surface area contributed by atoms with E-state index < -0.39 is 0 Å². The van der Waals surface area contributed by atoms with Gasteiger partial charge in [0.25, 0.3) is 0 Å². The molecule has 116 valence electrons. The van der Waals surface area contributed by atoms with Gasteiger partial charge in [0.15, 0.2) is 0 Å². The molecule has 1 aromatic carbocycles. The van der Waals surface area contributed by atoms with Crippen LogP contribution >= 0.6 is 31.9 Å². The van der Waals surface area contributed by atoms with Gasteiger partial charge in [-0.25, -0.2) is 4.99 Å². The summed E-state index contributed by atoms with van der Waals surface area (Å²) in [6, 6.07) is 4.17. The maximum atomic E-state index is 5.96. The fourth-order valence-electron chi connectivity index (χ4n) is 1.95. The highest BCUT2D eigenvalue weighted by Crippen LogP contribution is 2.56. The lowest BCUT2D eigenvalue weighted by Crippen LogP contribution is -2.14. The molecule has 0 aliphatic heterocycles. The first-order valence-electron chi connectivity index (χ1n) is 7.19. The van der Waals surface area contributed by atoms with Gasteiger partial charge in [0, 0.05) is 19.5 Å². The van der Waals surface area contributed by atoms with E-state index in [-0.39, 0.29) is 3.23 Å². The van der Waals surface area contributed by atoms with E-state index in [0.717, 1.165) is 42.1 Å². The van der Waals surface area contributed by atoms with Crippen LogP contribution in [-0.2, 0) is 0 Å². The van der Waals surface area contributed by atoms with E-state index in [1.54, 1.807) is 0 Å². The maximum absolute atomic E-state index is 5.96. The van der Waals surface area contributed by atoms with Crippen LogP contribution in [-0.4, -0.2) is 34.7 Å². The van der Waals surface area contributed by atoms with Gasteiger partial charge in [-0.3, -0.25) is 0 Å². The Morgan fingerprint density at radius 1 is 1.38 bits per heavy atom. The fraction of sp³-hybridized carbons (Fsp3) is 0.562. The van der Waals surface area contributed by atoms with Crippen molar-refractivity contribution >= 4 is 43.9 Å². The van der Waals surface area contributed by atoms with E-state index in [9.17, 15) is 0 Å². The lowest BCUT2D eigenvalue weighted by atomic mass is 10.1. The summed E-state index contributed by atoms with van der Waals surface area (Å²) >= 11 is 7.25. The standard InChI is InChI=1S/C16H22Br2N2O/c1-5-20(4)10-19-14-6-12(3)15(7-11(14)2)21-9-13-8-16(13,17)18/h6-7,10,13H,5,8-9H2,1-4H3/b19-10-. The molecule has 1 aromatic rings. The zero-order valence-electron chi connectivity index (χ0n) is 13.0. The molecule has 0 spiro atoms. The SMILES string of the molecule is CCN(C)/C=N\c1cc(C)c(OCC2CC2(Br)Br)cc1C. The van der Waals surface area contributed by atoms with Crippen LogP contribution in [0.2, 0.25) is 0 Å². The van der Waals surface area contributed by atoms with Crippen LogP contribution in [0.25, 0.3) is 0 Å². The Morgan fingerprint density at radius 3 is 2.62 bits per heavy atom.